The van der Waals surface area contributed by atoms with Crippen LogP contribution in [0.4, 0.5) is 6.01 Å². The number of amides is 1. The third kappa shape index (κ3) is 2.77. The minimum Gasteiger partial charge on any atom is -0.408 e. The number of nitrogens with one attached hydrogen (secondary N) is 1. The molecular formula is C16H21N5O3. The second-order valence-electron chi connectivity index (χ2n) is 6.47. The third-order valence-corrected chi connectivity index (χ3v) is 4.69. The first-order valence-corrected chi connectivity index (χ1v) is 8.27. The average Bonchev–Trinajstić information content (AvgIpc) is 3.26. The van der Waals surface area contributed by atoms with Gasteiger partial charge in [-0.25, -0.2) is 0 Å². The quantitative estimate of drug-likeness (QED) is 0.890. The van der Waals surface area contributed by atoms with Crippen LogP contribution >= 0.6 is 0 Å². The number of aromatic amines is 1. The van der Waals surface area contributed by atoms with Gasteiger partial charge < -0.3 is 23.9 Å². The summed E-state index contributed by atoms with van der Waals surface area (Å²) in [5, 5.41) is 8.01. The number of morpholine rings is 1. The molecule has 2 fully saturated rings. The molecule has 2 saturated heterocycles. The van der Waals surface area contributed by atoms with Crippen LogP contribution in [0.5, 0.6) is 0 Å². The van der Waals surface area contributed by atoms with Crippen molar-refractivity contribution >= 4 is 11.9 Å². The van der Waals surface area contributed by atoms with Crippen LogP contribution in [0.3, 0.4) is 0 Å². The van der Waals surface area contributed by atoms with Crippen molar-refractivity contribution in [1.29, 1.82) is 0 Å². The number of carbonyl (C=O) groups excluding carboxylic acids is 1. The van der Waals surface area contributed by atoms with E-state index in [2.05, 4.69) is 20.1 Å². The number of anilines is 1. The maximum Gasteiger partial charge on any atom is 0.318 e. The molecule has 24 heavy (non-hydrogen) atoms. The summed E-state index contributed by atoms with van der Waals surface area (Å²) in [7, 11) is 0. The van der Waals surface area contributed by atoms with Crippen LogP contribution in [-0.4, -0.2) is 64.4 Å². The molecule has 0 radical (unpaired) electrons. The lowest BCUT2D eigenvalue weighted by molar-refractivity contribution is -0.105. The third-order valence-electron chi connectivity index (χ3n) is 4.69. The van der Waals surface area contributed by atoms with Gasteiger partial charge in [-0.05, 0) is 25.0 Å². The first-order valence-electron chi connectivity index (χ1n) is 8.27. The van der Waals surface area contributed by atoms with Crippen LogP contribution in [0.1, 0.15) is 29.2 Å². The van der Waals surface area contributed by atoms with Crippen LogP contribution in [0, 0.1) is 6.92 Å². The van der Waals surface area contributed by atoms with Crippen LogP contribution in [0.15, 0.2) is 22.7 Å². The summed E-state index contributed by atoms with van der Waals surface area (Å²) in [6, 6.07) is 4.17. The van der Waals surface area contributed by atoms with Crippen LogP contribution in [-0.2, 0) is 4.74 Å². The first kappa shape index (κ1) is 15.2. The van der Waals surface area contributed by atoms with Gasteiger partial charge in [-0.15, -0.1) is 5.10 Å². The fourth-order valence-corrected chi connectivity index (χ4v) is 3.57. The summed E-state index contributed by atoms with van der Waals surface area (Å²) < 4.78 is 11.7. The van der Waals surface area contributed by atoms with E-state index in [0.717, 1.165) is 19.4 Å². The number of nitrogens with zero attached hydrogens (tertiary/aromatic N) is 4. The topological polar surface area (TPSA) is 87.5 Å². The Labute approximate surface area is 139 Å². The predicted molar refractivity (Wildman–Crippen MR) is 85.9 cm³/mol. The predicted octanol–water partition coefficient (Wildman–Crippen LogP) is 1.22. The van der Waals surface area contributed by atoms with Crippen molar-refractivity contribution in [3.05, 3.63) is 29.9 Å². The molecule has 8 nitrogen and oxygen atoms in total. The summed E-state index contributed by atoms with van der Waals surface area (Å²) >= 11 is 0. The minimum atomic E-state index is -0.374. The molecule has 8 heteroatoms. The van der Waals surface area contributed by atoms with Crippen LogP contribution in [0.25, 0.3) is 0 Å². The molecule has 0 aliphatic carbocycles. The number of aryl methyl sites for hydroxylation is 1. The van der Waals surface area contributed by atoms with Crippen molar-refractivity contribution in [2.24, 2.45) is 0 Å². The van der Waals surface area contributed by atoms with Gasteiger partial charge in [-0.3, -0.25) is 4.79 Å². The maximum atomic E-state index is 12.6. The van der Waals surface area contributed by atoms with Gasteiger partial charge in [0.1, 0.15) is 11.3 Å². The monoisotopic (exact) mass is 331 g/mol. The molecule has 1 atom stereocenters. The number of aromatic nitrogens is 3. The van der Waals surface area contributed by atoms with E-state index in [1.54, 1.807) is 19.2 Å². The van der Waals surface area contributed by atoms with Crippen molar-refractivity contribution in [1.82, 2.24) is 20.1 Å². The Kier molecular flexibility index (Phi) is 3.76. The van der Waals surface area contributed by atoms with E-state index in [4.69, 9.17) is 9.15 Å². The fourth-order valence-electron chi connectivity index (χ4n) is 3.57. The van der Waals surface area contributed by atoms with E-state index in [1.807, 2.05) is 11.0 Å². The molecule has 1 amide bonds. The van der Waals surface area contributed by atoms with Gasteiger partial charge in [0.05, 0.1) is 19.7 Å². The summed E-state index contributed by atoms with van der Waals surface area (Å²) in [4.78, 5) is 19.5. The Hall–Kier alpha value is -2.35. The number of ether oxygens (including phenoxy) is 1. The standard InChI is InChI=1S/C16H21N5O3/c1-12-18-19-15(24-12)21-7-3-5-16(11-21)10-20(8-9-23-16)14(22)13-4-2-6-17-13/h2,4,6,17H,3,5,7-11H2,1H3/t16-/m0/s1. The average molecular weight is 331 g/mol. The lowest BCUT2D eigenvalue weighted by Crippen LogP contribution is -2.61. The van der Waals surface area contributed by atoms with E-state index in [0.29, 0.717) is 43.8 Å². The number of piperidine rings is 1. The van der Waals surface area contributed by atoms with Crippen LogP contribution < -0.4 is 4.90 Å². The molecule has 4 heterocycles. The van der Waals surface area contributed by atoms with Gasteiger partial charge in [0.25, 0.3) is 5.91 Å². The molecule has 0 bridgehead atoms. The summed E-state index contributed by atoms with van der Waals surface area (Å²) in [6.07, 6.45) is 3.65. The van der Waals surface area contributed by atoms with Gasteiger partial charge in [0, 0.05) is 26.2 Å². The van der Waals surface area contributed by atoms with E-state index in [-0.39, 0.29) is 11.5 Å². The number of hydrogen-bond donors (Lipinski definition) is 1. The molecule has 0 saturated carbocycles. The Bertz CT molecular complexity index is 709. The number of hydrogen-bond acceptors (Lipinski definition) is 6. The number of H-pyrrole nitrogens is 1. The van der Waals surface area contributed by atoms with Crippen molar-refractivity contribution in [3.8, 4) is 0 Å². The molecule has 2 aliphatic rings. The SMILES string of the molecule is Cc1nnc(N2CCC[C@]3(CN(C(=O)c4ccc[nH]4)CCO3)C2)o1. The largest absolute Gasteiger partial charge is 0.408 e. The molecule has 2 aliphatic heterocycles. The molecule has 0 unspecified atom stereocenters. The Morgan fingerprint density at radius 1 is 1.33 bits per heavy atom. The van der Waals surface area contributed by atoms with Crippen molar-refractivity contribution in [3.63, 3.8) is 0 Å². The highest BCUT2D eigenvalue weighted by atomic mass is 16.5. The van der Waals surface area contributed by atoms with E-state index in [9.17, 15) is 4.79 Å². The van der Waals surface area contributed by atoms with Gasteiger partial charge in [-0.1, -0.05) is 5.10 Å². The molecule has 2 aromatic heterocycles. The zero-order valence-electron chi connectivity index (χ0n) is 13.7. The highest BCUT2D eigenvalue weighted by molar-refractivity contribution is 5.92. The molecule has 1 spiro atoms. The van der Waals surface area contributed by atoms with Gasteiger partial charge in [0.15, 0.2) is 0 Å². The second kappa shape index (κ2) is 5.94. The van der Waals surface area contributed by atoms with Gasteiger partial charge in [-0.2, -0.15) is 0 Å². The maximum absolute atomic E-state index is 12.6. The summed E-state index contributed by atoms with van der Waals surface area (Å²) in [5.41, 5.74) is 0.244. The molecule has 2 aromatic rings. The lowest BCUT2D eigenvalue weighted by Gasteiger charge is -2.47. The van der Waals surface area contributed by atoms with E-state index < -0.39 is 0 Å². The molecule has 4 rings (SSSR count). The van der Waals surface area contributed by atoms with Gasteiger partial charge >= 0.3 is 6.01 Å². The number of carbonyl (C=O) groups is 1. The van der Waals surface area contributed by atoms with Crippen molar-refractivity contribution in [2.45, 2.75) is 25.4 Å². The lowest BCUT2D eigenvalue weighted by atomic mass is 9.90. The normalized spacial score (nSPS) is 24.5. The number of rotatable bonds is 2. The Balaban J connectivity index is 1.50. The Morgan fingerprint density at radius 3 is 3.00 bits per heavy atom. The van der Waals surface area contributed by atoms with Crippen LogP contribution in [0.2, 0.25) is 0 Å². The highest BCUT2D eigenvalue weighted by Gasteiger charge is 2.43. The molecule has 0 aromatic carbocycles. The highest BCUT2D eigenvalue weighted by Crippen LogP contribution is 2.31. The van der Waals surface area contributed by atoms with Gasteiger partial charge in [0.2, 0.25) is 5.89 Å². The van der Waals surface area contributed by atoms with Crippen molar-refractivity contribution < 1.29 is 13.9 Å². The molecule has 1 N–H and O–H groups in total. The fraction of sp³-hybridized carbons (Fsp3) is 0.562. The summed E-state index contributed by atoms with van der Waals surface area (Å²) in [6.45, 7) is 5.03. The summed E-state index contributed by atoms with van der Waals surface area (Å²) in [5.74, 6) is 0.575. The van der Waals surface area contributed by atoms with E-state index >= 15 is 0 Å². The molecule has 128 valence electrons. The van der Waals surface area contributed by atoms with E-state index in [1.165, 1.54) is 0 Å². The first-order chi connectivity index (χ1) is 11.7. The molecular weight excluding hydrogens is 310 g/mol. The minimum absolute atomic E-state index is 0.0217. The second-order valence-corrected chi connectivity index (χ2v) is 6.47. The van der Waals surface area contributed by atoms with Crippen molar-refractivity contribution in [2.75, 3.05) is 37.7 Å². The Morgan fingerprint density at radius 2 is 2.25 bits per heavy atom. The zero-order chi connectivity index (χ0) is 16.6. The smallest absolute Gasteiger partial charge is 0.318 e. The zero-order valence-corrected chi connectivity index (χ0v) is 13.7.